The first kappa shape index (κ1) is 24.2. The van der Waals surface area contributed by atoms with Crippen molar-refractivity contribution in [1.29, 1.82) is 0 Å². The highest BCUT2D eigenvalue weighted by molar-refractivity contribution is 5.85. The van der Waals surface area contributed by atoms with E-state index in [1.165, 1.54) is 28.9 Å². The van der Waals surface area contributed by atoms with Crippen LogP contribution in [0.4, 0.5) is 8.78 Å². The zero-order valence-electron chi connectivity index (χ0n) is 20.3. The van der Waals surface area contributed by atoms with Gasteiger partial charge in [-0.05, 0) is 48.7 Å². The van der Waals surface area contributed by atoms with Gasteiger partial charge < -0.3 is 14.8 Å². The molecule has 7 nitrogen and oxygen atoms in total. The van der Waals surface area contributed by atoms with Gasteiger partial charge in [0.25, 0.3) is 0 Å². The normalized spacial score (nSPS) is 11.2. The summed E-state index contributed by atoms with van der Waals surface area (Å²) in [6.45, 7) is 1.77. The summed E-state index contributed by atoms with van der Waals surface area (Å²) >= 11 is 0. The van der Waals surface area contributed by atoms with Crippen molar-refractivity contribution in [2.24, 2.45) is 7.05 Å². The van der Waals surface area contributed by atoms with E-state index in [0.29, 0.717) is 35.6 Å². The molecule has 3 aromatic carbocycles. The summed E-state index contributed by atoms with van der Waals surface area (Å²) in [5.74, 6) is -0.752. The molecule has 2 aromatic heterocycles. The molecule has 0 saturated heterocycles. The van der Waals surface area contributed by atoms with E-state index < -0.39 is 17.6 Å². The molecule has 0 atom stereocenters. The average Bonchev–Trinajstić information content (AvgIpc) is 3.48. The molecule has 0 radical (unpaired) electrons. The van der Waals surface area contributed by atoms with Gasteiger partial charge >= 0.3 is 5.97 Å². The average molecular weight is 503 g/mol. The van der Waals surface area contributed by atoms with Gasteiger partial charge in [-0.1, -0.05) is 24.3 Å². The number of benzene rings is 3. The number of nitrogens with one attached hydrogen (secondary N) is 1. The Bertz CT molecular complexity index is 1620. The molecule has 5 aromatic rings. The number of halogens is 2. The summed E-state index contributed by atoms with van der Waals surface area (Å²) in [6.07, 6.45) is 2.61. The zero-order chi connectivity index (χ0) is 26.1. The van der Waals surface area contributed by atoms with E-state index in [9.17, 15) is 13.6 Å². The fourth-order valence-corrected chi connectivity index (χ4v) is 4.38. The highest BCUT2D eigenvalue weighted by Crippen LogP contribution is 2.35. The number of H-pyrrole nitrogens is 1. The summed E-state index contributed by atoms with van der Waals surface area (Å²) in [5.41, 5.74) is 3.31. The van der Waals surface area contributed by atoms with Gasteiger partial charge in [0.1, 0.15) is 11.6 Å². The first-order chi connectivity index (χ1) is 17.8. The number of carboxylic acid groups (broad SMARTS) is 1. The minimum Gasteiger partial charge on any atom is -0.481 e. The lowest BCUT2D eigenvalue weighted by atomic mass is 10.0. The van der Waals surface area contributed by atoms with Crippen molar-refractivity contribution in [3.8, 4) is 22.9 Å². The van der Waals surface area contributed by atoms with Crippen molar-refractivity contribution in [2.75, 3.05) is 0 Å². The van der Waals surface area contributed by atoms with Crippen LogP contribution in [0.2, 0.25) is 0 Å². The number of carboxylic acids is 1. The lowest BCUT2D eigenvalue weighted by molar-refractivity contribution is -0.136. The molecule has 0 bridgehead atoms. The second-order valence-corrected chi connectivity index (χ2v) is 8.86. The number of hydrogen-bond donors (Lipinski definition) is 2. The van der Waals surface area contributed by atoms with E-state index >= 15 is 0 Å². The van der Waals surface area contributed by atoms with Crippen molar-refractivity contribution in [2.45, 2.75) is 26.2 Å². The van der Waals surface area contributed by atoms with Gasteiger partial charge in [-0.25, -0.2) is 18.4 Å². The summed E-state index contributed by atoms with van der Waals surface area (Å²) < 4.78 is 37.0. The van der Waals surface area contributed by atoms with E-state index in [2.05, 4.69) is 15.1 Å². The SMILES string of the molecule is Cc1c(Oc2ccc(F)c(-c3nc(Cc4cccc(CCC(=O)O)c4)nn3C)c2)c(F)cc2[nH]ccc12. The molecule has 188 valence electrons. The molecule has 0 amide bonds. The van der Waals surface area contributed by atoms with Crippen LogP contribution in [-0.4, -0.2) is 30.8 Å². The van der Waals surface area contributed by atoms with Crippen LogP contribution in [-0.2, 0) is 24.7 Å². The summed E-state index contributed by atoms with van der Waals surface area (Å²) in [7, 11) is 1.67. The highest BCUT2D eigenvalue weighted by atomic mass is 19.1. The van der Waals surface area contributed by atoms with Crippen LogP contribution in [0.5, 0.6) is 11.5 Å². The molecule has 0 aliphatic heterocycles. The van der Waals surface area contributed by atoms with Crippen LogP contribution >= 0.6 is 0 Å². The van der Waals surface area contributed by atoms with Crippen LogP contribution in [0.1, 0.15) is 28.9 Å². The minimum atomic E-state index is -0.849. The minimum absolute atomic E-state index is 0.0512. The number of aryl methyl sites for hydroxylation is 3. The van der Waals surface area contributed by atoms with Gasteiger partial charge in [0.15, 0.2) is 23.2 Å². The molecule has 0 fully saturated rings. The van der Waals surface area contributed by atoms with Crippen LogP contribution in [0.15, 0.2) is 60.8 Å². The van der Waals surface area contributed by atoms with Crippen molar-refractivity contribution in [1.82, 2.24) is 19.7 Å². The molecule has 2 heterocycles. The third-order valence-corrected chi connectivity index (χ3v) is 6.20. The number of aromatic nitrogens is 4. The van der Waals surface area contributed by atoms with Crippen LogP contribution in [0.3, 0.4) is 0 Å². The molecule has 0 spiro atoms. The standard InChI is InChI=1S/C28H24F2N4O3/c1-16-20-10-11-31-24(20)15-23(30)27(16)37-19-7-8-22(29)21(14-19)28-32-25(33-34(28)2)13-18-5-3-4-17(12-18)6-9-26(35)36/h3-5,7-8,10-12,14-15,31H,6,9,13H2,1-2H3,(H,35,36). The molecular weight excluding hydrogens is 478 g/mol. The maximum absolute atomic E-state index is 14.9. The second kappa shape index (κ2) is 9.85. The van der Waals surface area contributed by atoms with E-state index in [-0.39, 0.29) is 23.5 Å². The Morgan fingerprint density at radius 3 is 2.70 bits per heavy atom. The third-order valence-electron chi connectivity index (χ3n) is 6.20. The molecule has 0 aliphatic carbocycles. The quantitative estimate of drug-likeness (QED) is 0.274. The molecule has 0 unspecified atom stereocenters. The lowest BCUT2D eigenvalue weighted by Gasteiger charge is -2.12. The molecule has 37 heavy (non-hydrogen) atoms. The fourth-order valence-electron chi connectivity index (χ4n) is 4.38. The topological polar surface area (TPSA) is 93.0 Å². The van der Waals surface area contributed by atoms with Crippen molar-refractivity contribution in [3.05, 3.63) is 94.9 Å². The van der Waals surface area contributed by atoms with Crippen molar-refractivity contribution >= 4 is 16.9 Å². The summed E-state index contributed by atoms with van der Waals surface area (Å²) in [6, 6.07) is 15.0. The second-order valence-electron chi connectivity index (χ2n) is 8.86. The van der Waals surface area contributed by atoms with Gasteiger partial charge in [-0.2, -0.15) is 5.10 Å². The Kier molecular flexibility index (Phi) is 6.43. The van der Waals surface area contributed by atoms with E-state index in [1.54, 1.807) is 20.2 Å². The number of fused-ring (bicyclic) bond motifs is 1. The predicted octanol–water partition coefficient (Wildman–Crippen LogP) is 5.95. The number of carbonyl (C=O) groups is 1. The summed E-state index contributed by atoms with van der Waals surface area (Å²) in [5, 5.41) is 14.2. The molecule has 2 N–H and O–H groups in total. The Morgan fingerprint density at radius 2 is 1.89 bits per heavy atom. The van der Waals surface area contributed by atoms with Gasteiger partial charge in [-0.3, -0.25) is 4.79 Å². The number of aliphatic carboxylic acids is 1. The predicted molar refractivity (Wildman–Crippen MR) is 135 cm³/mol. The number of ether oxygens (including phenoxy) is 1. The monoisotopic (exact) mass is 502 g/mol. The molecule has 0 aliphatic rings. The Morgan fingerprint density at radius 1 is 1.08 bits per heavy atom. The number of hydrogen-bond acceptors (Lipinski definition) is 4. The Balaban J connectivity index is 1.41. The maximum Gasteiger partial charge on any atom is 0.303 e. The number of nitrogens with zero attached hydrogens (tertiary/aromatic N) is 3. The Labute approximate surface area is 211 Å². The first-order valence-corrected chi connectivity index (χ1v) is 11.7. The third kappa shape index (κ3) is 5.06. The van der Waals surface area contributed by atoms with Crippen molar-refractivity contribution < 1.29 is 23.4 Å². The van der Waals surface area contributed by atoms with Gasteiger partial charge in [0, 0.05) is 48.6 Å². The zero-order valence-corrected chi connectivity index (χ0v) is 20.3. The van der Waals surface area contributed by atoms with Crippen molar-refractivity contribution in [3.63, 3.8) is 0 Å². The fraction of sp³-hybridized carbons (Fsp3) is 0.179. The number of rotatable bonds is 8. The highest BCUT2D eigenvalue weighted by Gasteiger charge is 2.18. The Hall–Kier alpha value is -4.53. The van der Waals surface area contributed by atoms with E-state index in [1.807, 2.05) is 30.3 Å². The van der Waals surface area contributed by atoms with Gasteiger partial charge in [0.2, 0.25) is 0 Å². The lowest BCUT2D eigenvalue weighted by Crippen LogP contribution is -1.99. The van der Waals surface area contributed by atoms with E-state index in [4.69, 9.17) is 9.84 Å². The molecule has 9 heteroatoms. The van der Waals surface area contributed by atoms with Gasteiger partial charge in [0.05, 0.1) is 5.56 Å². The first-order valence-electron chi connectivity index (χ1n) is 11.7. The van der Waals surface area contributed by atoms with E-state index in [0.717, 1.165) is 16.5 Å². The van der Waals surface area contributed by atoms with Crippen LogP contribution in [0.25, 0.3) is 22.3 Å². The molecule has 5 rings (SSSR count). The van der Waals surface area contributed by atoms with Gasteiger partial charge in [-0.15, -0.1) is 0 Å². The summed E-state index contributed by atoms with van der Waals surface area (Å²) in [4.78, 5) is 18.4. The largest absolute Gasteiger partial charge is 0.481 e. The van der Waals surface area contributed by atoms with Crippen LogP contribution < -0.4 is 4.74 Å². The molecule has 0 saturated carbocycles. The van der Waals surface area contributed by atoms with Crippen LogP contribution in [0, 0.1) is 18.6 Å². The number of aromatic amines is 1. The smallest absolute Gasteiger partial charge is 0.303 e. The maximum atomic E-state index is 14.9. The molecular formula is C28H24F2N4O3.